The van der Waals surface area contributed by atoms with Crippen LogP contribution >= 0.6 is 12.4 Å². The number of nitrogens with one attached hydrogen (secondary N) is 1. The Morgan fingerprint density at radius 3 is 2.67 bits per heavy atom. The third kappa shape index (κ3) is 3.27. The summed E-state index contributed by atoms with van der Waals surface area (Å²) in [6.45, 7) is 3.77. The van der Waals surface area contributed by atoms with Gasteiger partial charge in [-0.05, 0) is 56.8 Å². The molecule has 1 aliphatic carbocycles. The van der Waals surface area contributed by atoms with E-state index in [1.807, 2.05) is 14.0 Å². The third-order valence-electron chi connectivity index (χ3n) is 5.69. The van der Waals surface area contributed by atoms with Crippen LogP contribution in [-0.4, -0.2) is 44.1 Å². The van der Waals surface area contributed by atoms with Gasteiger partial charge in [-0.3, -0.25) is 4.79 Å². The number of likely N-dealkylation sites (tertiary alicyclic amines) is 1. The van der Waals surface area contributed by atoms with E-state index < -0.39 is 0 Å². The topological polar surface area (TPSA) is 41.6 Å². The van der Waals surface area contributed by atoms with Crippen LogP contribution < -0.4 is 10.1 Å². The lowest BCUT2D eigenvalue weighted by atomic mass is 9.63. The van der Waals surface area contributed by atoms with E-state index in [0.717, 1.165) is 62.1 Å². The van der Waals surface area contributed by atoms with Gasteiger partial charge in [-0.2, -0.15) is 0 Å². The molecule has 1 N–H and O–H groups in total. The Hall–Kier alpha value is -1.26. The highest BCUT2D eigenvalue weighted by Crippen LogP contribution is 2.46. The second-order valence-electron chi connectivity index (χ2n) is 7.00. The number of methoxy groups -OCH3 is 1. The van der Waals surface area contributed by atoms with E-state index in [1.54, 1.807) is 7.11 Å². The van der Waals surface area contributed by atoms with E-state index in [9.17, 15) is 4.79 Å². The normalized spacial score (nSPS) is 22.3. The highest BCUT2D eigenvalue weighted by Gasteiger charge is 2.48. The number of carbonyl (C=O) groups excluding carboxylic acids is 1. The zero-order valence-corrected chi connectivity index (χ0v) is 15.7. The molecule has 134 valence electrons. The molecule has 0 spiro atoms. The summed E-state index contributed by atoms with van der Waals surface area (Å²) in [6, 6.07) is 6.70. The fraction of sp³-hybridized carbons (Fsp3) is 0.632. The van der Waals surface area contributed by atoms with Gasteiger partial charge in [0.15, 0.2) is 0 Å². The molecule has 0 aromatic heterocycles. The van der Waals surface area contributed by atoms with Crippen LogP contribution in [0.15, 0.2) is 18.2 Å². The maximum atomic E-state index is 13.3. The average molecular weight is 353 g/mol. The number of amides is 1. The number of rotatable bonds is 4. The van der Waals surface area contributed by atoms with Gasteiger partial charge in [-0.25, -0.2) is 0 Å². The van der Waals surface area contributed by atoms with E-state index in [0.29, 0.717) is 11.9 Å². The molecular weight excluding hydrogens is 324 g/mol. The van der Waals surface area contributed by atoms with Crippen molar-refractivity contribution in [2.75, 3.05) is 27.2 Å². The lowest BCUT2D eigenvalue weighted by Gasteiger charge is -2.46. The molecule has 1 saturated carbocycles. The van der Waals surface area contributed by atoms with Crippen molar-refractivity contribution in [1.82, 2.24) is 10.2 Å². The fourth-order valence-corrected chi connectivity index (χ4v) is 3.97. The molecule has 2 fully saturated rings. The summed E-state index contributed by atoms with van der Waals surface area (Å²) in [5.74, 6) is 1.20. The fourth-order valence-electron chi connectivity index (χ4n) is 3.97. The SMILES string of the molecule is CNC1CCCN(C(=O)C2(c3ccc(C)c(OC)c3)CCC2)C1.Cl. The lowest BCUT2D eigenvalue weighted by Crippen LogP contribution is -2.55. The van der Waals surface area contributed by atoms with Crippen molar-refractivity contribution in [3.8, 4) is 5.75 Å². The molecule has 1 aromatic carbocycles. The van der Waals surface area contributed by atoms with Crippen molar-refractivity contribution in [3.63, 3.8) is 0 Å². The number of hydrogen-bond donors (Lipinski definition) is 1. The van der Waals surface area contributed by atoms with Gasteiger partial charge < -0.3 is 15.0 Å². The predicted octanol–water partition coefficient (Wildman–Crippen LogP) is 3.06. The number of likely N-dealkylation sites (N-methyl/N-ethyl adjacent to an activating group) is 1. The zero-order valence-electron chi connectivity index (χ0n) is 14.9. The maximum absolute atomic E-state index is 13.3. The Labute approximate surface area is 151 Å². The molecule has 0 radical (unpaired) electrons. The molecule has 0 bridgehead atoms. The van der Waals surface area contributed by atoms with Crippen molar-refractivity contribution < 1.29 is 9.53 Å². The molecule has 4 nitrogen and oxygen atoms in total. The van der Waals surface area contributed by atoms with Crippen molar-refractivity contribution >= 4 is 18.3 Å². The summed E-state index contributed by atoms with van der Waals surface area (Å²) in [5.41, 5.74) is 1.92. The number of ether oxygens (including phenoxy) is 1. The van der Waals surface area contributed by atoms with Gasteiger partial charge in [0.1, 0.15) is 5.75 Å². The number of aryl methyl sites for hydroxylation is 1. The first-order valence-electron chi connectivity index (χ1n) is 8.72. The van der Waals surface area contributed by atoms with Crippen molar-refractivity contribution in [2.24, 2.45) is 0 Å². The van der Waals surface area contributed by atoms with Crippen LogP contribution in [0.1, 0.15) is 43.2 Å². The smallest absolute Gasteiger partial charge is 0.233 e. The summed E-state index contributed by atoms with van der Waals surface area (Å²) in [6.07, 6.45) is 5.29. The molecule has 1 unspecified atom stereocenters. The predicted molar refractivity (Wildman–Crippen MR) is 99.2 cm³/mol. The Morgan fingerprint density at radius 1 is 1.33 bits per heavy atom. The van der Waals surface area contributed by atoms with Crippen LogP contribution in [0.25, 0.3) is 0 Å². The molecule has 2 aliphatic rings. The number of benzene rings is 1. The van der Waals surface area contributed by atoms with E-state index in [1.165, 1.54) is 0 Å². The van der Waals surface area contributed by atoms with Crippen molar-refractivity contribution in [2.45, 2.75) is 50.5 Å². The molecule has 1 heterocycles. The van der Waals surface area contributed by atoms with Crippen molar-refractivity contribution in [1.29, 1.82) is 0 Å². The Bertz CT molecular complexity index is 587. The summed E-state index contributed by atoms with van der Waals surface area (Å²) in [4.78, 5) is 15.4. The summed E-state index contributed by atoms with van der Waals surface area (Å²) in [7, 11) is 3.69. The zero-order chi connectivity index (χ0) is 16.4. The van der Waals surface area contributed by atoms with Crippen molar-refractivity contribution in [3.05, 3.63) is 29.3 Å². The van der Waals surface area contributed by atoms with E-state index in [2.05, 4.69) is 28.4 Å². The van der Waals surface area contributed by atoms with E-state index >= 15 is 0 Å². The van der Waals surface area contributed by atoms with E-state index in [-0.39, 0.29) is 17.8 Å². The molecule has 1 atom stereocenters. The first kappa shape index (κ1) is 19.1. The van der Waals surface area contributed by atoms with Crippen LogP contribution in [0.4, 0.5) is 0 Å². The number of nitrogens with zero attached hydrogens (tertiary/aromatic N) is 1. The summed E-state index contributed by atoms with van der Waals surface area (Å²) < 4.78 is 5.47. The van der Waals surface area contributed by atoms with Gasteiger partial charge in [-0.15, -0.1) is 12.4 Å². The molecule has 5 heteroatoms. The van der Waals surface area contributed by atoms with Crippen LogP contribution in [0.5, 0.6) is 5.75 Å². The molecule has 1 aliphatic heterocycles. The standard InChI is InChI=1S/C19H28N2O2.ClH/c1-14-7-8-15(12-17(14)23-3)19(9-5-10-19)18(22)21-11-4-6-16(13-21)20-2;/h7-8,12,16,20H,4-6,9-11,13H2,1-3H3;1H. The number of piperidine rings is 1. The van der Waals surface area contributed by atoms with Gasteiger partial charge in [0.2, 0.25) is 5.91 Å². The van der Waals surface area contributed by atoms with Gasteiger partial charge in [0, 0.05) is 19.1 Å². The molecule has 24 heavy (non-hydrogen) atoms. The van der Waals surface area contributed by atoms with Gasteiger partial charge in [0.05, 0.1) is 12.5 Å². The van der Waals surface area contributed by atoms with Crippen LogP contribution in [0.3, 0.4) is 0 Å². The van der Waals surface area contributed by atoms with Crippen LogP contribution in [0.2, 0.25) is 0 Å². The highest BCUT2D eigenvalue weighted by atomic mass is 35.5. The second kappa shape index (κ2) is 7.75. The number of halogens is 1. The Balaban J connectivity index is 0.00000208. The minimum atomic E-state index is -0.323. The van der Waals surface area contributed by atoms with Crippen LogP contribution in [0, 0.1) is 6.92 Å². The first-order valence-corrected chi connectivity index (χ1v) is 8.72. The first-order chi connectivity index (χ1) is 11.1. The Kier molecular flexibility index (Phi) is 6.16. The van der Waals surface area contributed by atoms with Gasteiger partial charge >= 0.3 is 0 Å². The van der Waals surface area contributed by atoms with Gasteiger partial charge in [0.25, 0.3) is 0 Å². The Morgan fingerprint density at radius 2 is 2.08 bits per heavy atom. The molecule has 1 amide bonds. The average Bonchev–Trinajstić information content (AvgIpc) is 2.55. The molecule has 3 rings (SSSR count). The van der Waals surface area contributed by atoms with Crippen LogP contribution in [-0.2, 0) is 10.2 Å². The lowest BCUT2D eigenvalue weighted by molar-refractivity contribution is -0.142. The summed E-state index contributed by atoms with van der Waals surface area (Å²) >= 11 is 0. The minimum Gasteiger partial charge on any atom is -0.496 e. The monoisotopic (exact) mass is 352 g/mol. The quantitative estimate of drug-likeness (QED) is 0.905. The second-order valence-corrected chi connectivity index (χ2v) is 7.00. The number of carbonyl (C=O) groups is 1. The number of hydrogen-bond acceptors (Lipinski definition) is 3. The molecule has 1 aromatic rings. The largest absolute Gasteiger partial charge is 0.496 e. The third-order valence-corrected chi connectivity index (χ3v) is 5.69. The highest BCUT2D eigenvalue weighted by molar-refractivity contribution is 5.89. The minimum absolute atomic E-state index is 0. The molecule has 1 saturated heterocycles. The summed E-state index contributed by atoms with van der Waals surface area (Å²) in [5, 5.41) is 3.33. The molecular formula is C19H29ClN2O2. The van der Waals surface area contributed by atoms with E-state index in [4.69, 9.17) is 4.74 Å². The van der Waals surface area contributed by atoms with Gasteiger partial charge in [-0.1, -0.05) is 18.6 Å². The maximum Gasteiger partial charge on any atom is 0.233 e.